The zero-order chi connectivity index (χ0) is 18.7. The number of benzene rings is 1. The summed E-state index contributed by atoms with van der Waals surface area (Å²) in [6.45, 7) is 2.55. The number of carbonyl (C=O) groups is 1. The van der Waals surface area contributed by atoms with Crippen LogP contribution >= 0.6 is 15.9 Å². The SMILES string of the molecule is C[C@@H]1c2ccc(F)cc2CCN1C(=O)c1cc(C2CC2)n2nc(Br)cc2n1. The monoisotopic (exact) mass is 428 g/mol. The Morgan fingerprint density at radius 1 is 1.26 bits per heavy atom. The molecule has 5 nitrogen and oxygen atoms in total. The Balaban J connectivity index is 1.53. The van der Waals surface area contributed by atoms with Crippen molar-refractivity contribution in [2.24, 2.45) is 0 Å². The highest BCUT2D eigenvalue weighted by atomic mass is 79.9. The molecule has 0 bridgehead atoms. The van der Waals surface area contributed by atoms with Crippen LogP contribution in [0.3, 0.4) is 0 Å². The summed E-state index contributed by atoms with van der Waals surface area (Å²) in [6.07, 6.45) is 2.88. The third-order valence-corrected chi connectivity index (χ3v) is 5.93. The zero-order valence-corrected chi connectivity index (χ0v) is 16.4. The smallest absolute Gasteiger partial charge is 0.273 e. The van der Waals surface area contributed by atoms with Gasteiger partial charge < -0.3 is 4.90 Å². The maximum Gasteiger partial charge on any atom is 0.273 e. The van der Waals surface area contributed by atoms with E-state index in [1.807, 2.05) is 28.5 Å². The molecule has 0 unspecified atom stereocenters. The van der Waals surface area contributed by atoms with Crippen LogP contribution in [0, 0.1) is 5.82 Å². The van der Waals surface area contributed by atoms with Crippen molar-refractivity contribution in [3.05, 3.63) is 63.3 Å². The van der Waals surface area contributed by atoms with E-state index >= 15 is 0 Å². The lowest BCUT2D eigenvalue weighted by atomic mass is 9.93. The second-order valence-electron chi connectivity index (χ2n) is 7.35. The highest BCUT2D eigenvalue weighted by Gasteiger charge is 2.32. The molecular formula is C20H18BrFN4O. The molecule has 3 aromatic rings. The number of halogens is 2. The first-order valence-electron chi connectivity index (χ1n) is 9.17. The third-order valence-electron chi connectivity index (χ3n) is 5.55. The molecule has 5 rings (SSSR count). The van der Waals surface area contributed by atoms with Gasteiger partial charge in [0.05, 0.1) is 6.04 Å². The second kappa shape index (κ2) is 6.12. The molecule has 0 saturated heterocycles. The average Bonchev–Trinajstić information content (AvgIpc) is 3.41. The summed E-state index contributed by atoms with van der Waals surface area (Å²) in [7, 11) is 0. The summed E-state index contributed by atoms with van der Waals surface area (Å²) in [5.41, 5.74) is 4.16. The normalized spacial score (nSPS) is 19.4. The summed E-state index contributed by atoms with van der Waals surface area (Å²) >= 11 is 3.40. The van der Waals surface area contributed by atoms with Crippen LogP contribution in [0.1, 0.15) is 59.0 Å². The lowest BCUT2D eigenvalue weighted by Gasteiger charge is -2.35. The van der Waals surface area contributed by atoms with E-state index in [1.165, 1.54) is 6.07 Å². The molecule has 1 saturated carbocycles. The van der Waals surface area contributed by atoms with E-state index in [0.717, 1.165) is 29.7 Å². The van der Waals surface area contributed by atoms with Gasteiger partial charge in [-0.1, -0.05) is 6.07 Å². The van der Waals surface area contributed by atoms with Gasteiger partial charge in [-0.15, -0.1) is 0 Å². The van der Waals surface area contributed by atoms with Gasteiger partial charge in [0.25, 0.3) is 5.91 Å². The van der Waals surface area contributed by atoms with E-state index in [1.54, 1.807) is 12.1 Å². The number of carbonyl (C=O) groups excluding carboxylic acids is 1. The molecule has 138 valence electrons. The summed E-state index contributed by atoms with van der Waals surface area (Å²) in [4.78, 5) is 19.7. The molecule has 1 amide bonds. The number of rotatable bonds is 2. The minimum Gasteiger partial charge on any atom is -0.330 e. The lowest BCUT2D eigenvalue weighted by molar-refractivity contribution is 0.0671. The second-order valence-corrected chi connectivity index (χ2v) is 8.16. The van der Waals surface area contributed by atoms with Gasteiger partial charge in [-0.25, -0.2) is 13.9 Å². The van der Waals surface area contributed by atoms with Crippen LogP contribution in [0.5, 0.6) is 0 Å². The van der Waals surface area contributed by atoms with Crippen LogP contribution in [0.15, 0.2) is 34.9 Å². The molecule has 3 heterocycles. The predicted molar refractivity (Wildman–Crippen MR) is 102 cm³/mol. The predicted octanol–water partition coefficient (Wildman–Crippen LogP) is 4.27. The Labute approximate surface area is 164 Å². The minimum atomic E-state index is -0.228. The van der Waals surface area contributed by atoms with E-state index in [2.05, 4.69) is 26.0 Å². The molecule has 27 heavy (non-hydrogen) atoms. The number of nitrogens with zero attached hydrogens (tertiary/aromatic N) is 4. The summed E-state index contributed by atoms with van der Waals surface area (Å²) in [5.74, 6) is 0.128. The van der Waals surface area contributed by atoms with Gasteiger partial charge >= 0.3 is 0 Å². The molecule has 2 aliphatic rings. The molecule has 0 spiro atoms. The first kappa shape index (κ1) is 16.9. The Morgan fingerprint density at radius 2 is 2.07 bits per heavy atom. The molecule has 2 aromatic heterocycles. The Bertz CT molecular complexity index is 1080. The maximum absolute atomic E-state index is 13.5. The van der Waals surface area contributed by atoms with E-state index in [-0.39, 0.29) is 17.8 Å². The Hall–Kier alpha value is -2.28. The fraction of sp³-hybridized carbons (Fsp3) is 0.350. The van der Waals surface area contributed by atoms with Gasteiger partial charge in [-0.2, -0.15) is 5.10 Å². The van der Waals surface area contributed by atoms with E-state index in [0.29, 0.717) is 34.8 Å². The van der Waals surface area contributed by atoms with E-state index < -0.39 is 0 Å². The van der Waals surface area contributed by atoms with Gasteiger partial charge in [0.1, 0.15) is 16.1 Å². The molecule has 0 N–H and O–H groups in total. The molecular weight excluding hydrogens is 411 g/mol. The first-order valence-corrected chi connectivity index (χ1v) is 9.96. The third kappa shape index (κ3) is 2.84. The number of hydrogen-bond donors (Lipinski definition) is 0. The molecule has 1 fully saturated rings. The van der Waals surface area contributed by atoms with Crippen molar-refractivity contribution in [1.82, 2.24) is 19.5 Å². The minimum absolute atomic E-state index is 0.0841. The van der Waals surface area contributed by atoms with Crippen LogP contribution in [-0.4, -0.2) is 31.9 Å². The highest BCUT2D eigenvalue weighted by molar-refractivity contribution is 9.10. The van der Waals surface area contributed by atoms with E-state index in [9.17, 15) is 9.18 Å². The highest BCUT2D eigenvalue weighted by Crippen LogP contribution is 2.40. The lowest BCUT2D eigenvalue weighted by Crippen LogP contribution is -2.39. The van der Waals surface area contributed by atoms with Gasteiger partial charge in [-0.3, -0.25) is 4.79 Å². The quantitative estimate of drug-likeness (QED) is 0.612. The number of amides is 1. The molecule has 1 aliphatic heterocycles. The van der Waals surface area contributed by atoms with Crippen LogP contribution in [0.2, 0.25) is 0 Å². The largest absolute Gasteiger partial charge is 0.330 e. The summed E-state index contributed by atoms with van der Waals surface area (Å²) < 4.78 is 16.1. The topological polar surface area (TPSA) is 50.5 Å². The van der Waals surface area contributed by atoms with Crippen molar-refractivity contribution < 1.29 is 9.18 Å². The number of fused-ring (bicyclic) bond motifs is 2. The van der Waals surface area contributed by atoms with Crippen LogP contribution in [0.4, 0.5) is 4.39 Å². The van der Waals surface area contributed by atoms with E-state index in [4.69, 9.17) is 0 Å². The summed E-state index contributed by atoms with van der Waals surface area (Å²) in [5, 5.41) is 4.45. The Morgan fingerprint density at radius 3 is 2.85 bits per heavy atom. The van der Waals surface area contributed by atoms with Crippen molar-refractivity contribution in [3.8, 4) is 0 Å². The van der Waals surface area contributed by atoms with Gasteiger partial charge in [0, 0.05) is 24.2 Å². The molecule has 1 atom stereocenters. The maximum atomic E-state index is 13.5. The van der Waals surface area contributed by atoms with Crippen LogP contribution in [0.25, 0.3) is 5.65 Å². The van der Waals surface area contributed by atoms with Crippen LogP contribution in [-0.2, 0) is 6.42 Å². The fourth-order valence-corrected chi connectivity index (χ4v) is 4.34. The summed E-state index contributed by atoms with van der Waals surface area (Å²) in [6, 6.07) is 8.44. The standard InChI is InChI=1S/C20H18BrFN4O/c1-11-15-5-4-14(22)8-13(15)6-7-25(11)20(27)16-9-17(12-2-3-12)26-19(23-16)10-18(21)24-26/h4-5,8-12H,2-3,6-7H2,1H3/t11-/m1/s1. The van der Waals surface area contributed by atoms with Crippen molar-refractivity contribution in [1.29, 1.82) is 0 Å². The van der Waals surface area contributed by atoms with Crippen molar-refractivity contribution in [2.45, 2.75) is 38.1 Å². The molecule has 0 radical (unpaired) electrons. The van der Waals surface area contributed by atoms with Crippen LogP contribution < -0.4 is 0 Å². The number of aromatic nitrogens is 3. The zero-order valence-electron chi connectivity index (χ0n) is 14.8. The molecule has 1 aliphatic carbocycles. The van der Waals surface area contributed by atoms with Crippen molar-refractivity contribution in [2.75, 3.05) is 6.54 Å². The first-order chi connectivity index (χ1) is 13.0. The van der Waals surface area contributed by atoms with Gasteiger partial charge in [0.15, 0.2) is 5.65 Å². The van der Waals surface area contributed by atoms with Gasteiger partial charge in [-0.05, 0) is 71.4 Å². The Kier molecular flexibility index (Phi) is 3.82. The molecule has 7 heteroatoms. The van der Waals surface area contributed by atoms with Crippen molar-refractivity contribution in [3.63, 3.8) is 0 Å². The number of hydrogen-bond acceptors (Lipinski definition) is 3. The average molecular weight is 429 g/mol. The molecule has 1 aromatic carbocycles. The van der Waals surface area contributed by atoms with Gasteiger partial charge in [0.2, 0.25) is 0 Å². The van der Waals surface area contributed by atoms with Crippen molar-refractivity contribution >= 4 is 27.5 Å². The fourth-order valence-electron chi connectivity index (χ4n) is 3.97.